The molecule has 0 aliphatic carbocycles. The van der Waals surface area contributed by atoms with Crippen LogP contribution in [0.1, 0.15) is 10.4 Å². The monoisotopic (exact) mass is 336 g/mol. The van der Waals surface area contributed by atoms with Gasteiger partial charge in [-0.2, -0.15) is 4.31 Å². The highest BCUT2D eigenvalue weighted by Gasteiger charge is 2.26. The van der Waals surface area contributed by atoms with Gasteiger partial charge in [-0.05, 0) is 28.6 Å². The lowest BCUT2D eigenvalue weighted by molar-refractivity contribution is 0.0698. The molecule has 2 aromatic rings. The summed E-state index contributed by atoms with van der Waals surface area (Å²) in [5, 5.41) is 10.9. The molecule has 0 radical (unpaired) electrons. The van der Waals surface area contributed by atoms with Gasteiger partial charge in [0.05, 0.1) is 11.9 Å². The maximum atomic E-state index is 12.6. The maximum Gasteiger partial charge on any atom is 0.254 e. The zero-order valence-corrected chi connectivity index (χ0v) is 13.3. The average Bonchev–Trinajstić information content (AvgIpc) is 3.08. The van der Waals surface area contributed by atoms with Gasteiger partial charge in [0.25, 0.3) is 5.91 Å². The number of hydrogen-bond donors (Lipinski definition) is 0. The van der Waals surface area contributed by atoms with Gasteiger partial charge in [-0.15, -0.1) is 5.10 Å². The van der Waals surface area contributed by atoms with Gasteiger partial charge in [-0.3, -0.25) is 4.79 Å². The molecule has 3 rings (SSSR count). The van der Waals surface area contributed by atoms with E-state index in [4.69, 9.17) is 0 Å². The van der Waals surface area contributed by atoms with Crippen molar-refractivity contribution in [2.45, 2.75) is 0 Å². The fraction of sp³-hybridized carbons (Fsp3) is 0.385. The van der Waals surface area contributed by atoms with Gasteiger partial charge in [0, 0.05) is 31.7 Å². The predicted octanol–water partition coefficient (Wildman–Crippen LogP) is -0.620. The number of nitrogens with zero attached hydrogens (tertiary/aromatic N) is 6. The van der Waals surface area contributed by atoms with Crippen molar-refractivity contribution in [3.8, 4) is 5.69 Å². The summed E-state index contributed by atoms with van der Waals surface area (Å²) < 4.78 is 25.9. The summed E-state index contributed by atoms with van der Waals surface area (Å²) >= 11 is 0. The Labute approximate surface area is 133 Å². The normalized spacial score (nSPS) is 16.5. The summed E-state index contributed by atoms with van der Waals surface area (Å²) in [5.41, 5.74) is 1.21. The minimum absolute atomic E-state index is 0.131. The number of hydrogen-bond acceptors (Lipinski definition) is 6. The van der Waals surface area contributed by atoms with Crippen LogP contribution in [-0.4, -0.2) is 76.2 Å². The number of tetrazole rings is 1. The van der Waals surface area contributed by atoms with Crippen LogP contribution in [0.4, 0.5) is 0 Å². The SMILES string of the molecule is CS(=O)(=O)N1CCN(C(=O)c2cccc(-n3cnnn3)c2)CC1. The zero-order valence-electron chi connectivity index (χ0n) is 12.5. The van der Waals surface area contributed by atoms with Crippen molar-refractivity contribution in [1.29, 1.82) is 0 Å². The van der Waals surface area contributed by atoms with Crippen LogP contribution in [0.15, 0.2) is 30.6 Å². The van der Waals surface area contributed by atoms with Crippen molar-refractivity contribution < 1.29 is 13.2 Å². The number of carbonyl (C=O) groups is 1. The van der Waals surface area contributed by atoms with Crippen LogP contribution in [0.5, 0.6) is 0 Å². The fourth-order valence-electron chi connectivity index (χ4n) is 2.47. The van der Waals surface area contributed by atoms with E-state index in [9.17, 15) is 13.2 Å². The van der Waals surface area contributed by atoms with Crippen molar-refractivity contribution in [3.63, 3.8) is 0 Å². The third-order valence-corrected chi connectivity index (χ3v) is 5.00. The average molecular weight is 336 g/mol. The van der Waals surface area contributed by atoms with Crippen LogP contribution in [0.3, 0.4) is 0 Å². The zero-order chi connectivity index (χ0) is 16.4. The van der Waals surface area contributed by atoms with Crippen molar-refractivity contribution in [1.82, 2.24) is 29.4 Å². The van der Waals surface area contributed by atoms with E-state index in [0.717, 1.165) is 0 Å². The molecule has 1 aliphatic heterocycles. The molecule has 0 saturated carbocycles. The molecule has 1 aromatic carbocycles. The molecule has 1 aromatic heterocycles. The second-order valence-electron chi connectivity index (χ2n) is 5.26. The van der Waals surface area contributed by atoms with Crippen LogP contribution in [0.2, 0.25) is 0 Å². The molecular formula is C13H16N6O3S. The molecule has 0 unspecified atom stereocenters. The number of sulfonamides is 1. The number of aromatic nitrogens is 4. The Morgan fingerprint density at radius 2 is 1.91 bits per heavy atom. The lowest BCUT2D eigenvalue weighted by Gasteiger charge is -2.33. The first-order valence-electron chi connectivity index (χ1n) is 7.03. The van der Waals surface area contributed by atoms with E-state index in [-0.39, 0.29) is 5.91 Å². The number of amides is 1. The minimum Gasteiger partial charge on any atom is -0.336 e. The molecule has 0 bridgehead atoms. The van der Waals surface area contributed by atoms with E-state index >= 15 is 0 Å². The molecule has 1 fully saturated rings. The van der Waals surface area contributed by atoms with E-state index in [2.05, 4.69) is 15.5 Å². The Bertz CT molecular complexity index is 797. The van der Waals surface area contributed by atoms with Gasteiger partial charge in [0.2, 0.25) is 10.0 Å². The third kappa shape index (κ3) is 3.37. The van der Waals surface area contributed by atoms with E-state index in [1.807, 2.05) is 0 Å². The van der Waals surface area contributed by atoms with E-state index < -0.39 is 10.0 Å². The second-order valence-corrected chi connectivity index (χ2v) is 7.24. The van der Waals surface area contributed by atoms with Crippen LogP contribution in [0.25, 0.3) is 5.69 Å². The van der Waals surface area contributed by atoms with Crippen molar-refractivity contribution >= 4 is 15.9 Å². The smallest absolute Gasteiger partial charge is 0.254 e. The maximum absolute atomic E-state index is 12.6. The number of carbonyl (C=O) groups excluding carboxylic acids is 1. The number of benzene rings is 1. The summed E-state index contributed by atoms with van der Waals surface area (Å²) in [6, 6.07) is 6.99. The lowest BCUT2D eigenvalue weighted by atomic mass is 10.1. The topological polar surface area (TPSA) is 101 Å². The van der Waals surface area contributed by atoms with Gasteiger partial charge in [0.15, 0.2) is 0 Å². The van der Waals surface area contributed by atoms with Crippen LogP contribution >= 0.6 is 0 Å². The highest BCUT2D eigenvalue weighted by atomic mass is 32.2. The van der Waals surface area contributed by atoms with Crippen LogP contribution in [-0.2, 0) is 10.0 Å². The van der Waals surface area contributed by atoms with E-state index in [1.54, 1.807) is 29.2 Å². The first-order valence-corrected chi connectivity index (χ1v) is 8.88. The molecule has 122 valence electrons. The quantitative estimate of drug-likeness (QED) is 0.740. The van der Waals surface area contributed by atoms with E-state index in [0.29, 0.717) is 37.4 Å². The van der Waals surface area contributed by atoms with Gasteiger partial charge in [0.1, 0.15) is 6.33 Å². The Hall–Kier alpha value is -2.33. The highest BCUT2D eigenvalue weighted by Crippen LogP contribution is 2.14. The van der Waals surface area contributed by atoms with Crippen LogP contribution < -0.4 is 0 Å². The standard InChI is InChI=1S/C13H16N6O3S/c1-23(21,22)18-7-5-17(6-8-18)13(20)11-3-2-4-12(9-11)19-10-14-15-16-19/h2-4,9-10H,5-8H2,1H3. The lowest BCUT2D eigenvalue weighted by Crippen LogP contribution is -2.50. The predicted molar refractivity (Wildman–Crippen MR) is 81.5 cm³/mol. The van der Waals surface area contributed by atoms with Gasteiger partial charge < -0.3 is 4.90 Å². The first kappa shape index (κ1) is 15.6. The Balaban J connectivity index is 1.73. The van der Waals surface area contributed by atoms with Gasteiger partial charge in [-0.1, -0.05) is 6.07 Å². The Morgan fingerprint density at radius 1 is 1.17 bits per heavy atom. The summed E-state index contributed by atoms with van der Waals surface area (Å²) in [5.74, 6) is -0.131. The number of piperazine rings is 1. The fourth-order valence-corrected chi connectivity index (χ4v) is 3.29. The molecule has 2 heterocycles. The summed E-state index contributed by atoms with van der Waals surface area (Å²) in [6.45, 7) is 1.39. The molecule has 0 spiro atoms. The molecule has 1 aliphatic rings. The molecule has 1 amide bonds. The molecular weight excluding hydrogens is 320 g/mol. The number of rotatable bonds is 3. The van der Waals surface area contributed by atoms with Crippen molar-refractivity contribution in [2.24, 2.45) is 0 Å². The highest BCUT2D eigenvalue weighted by molar-refractivity contribution is 7.88. The molecule has 1 saturated heterocycles. The van der Waals surface area contributed by atoms with Gasteiger partial charge >= 0.3 is 0 Å². The third-order valence-electron chi connectivity index (χ3n) is 3.70. The van der Waals surface area contributed by atoms with Crippen LogP contribution in [0, 0.1) is 0 Å². The molecule has 0 N–H and O–H groups in total. The summed E-state index contributed by atoms with van der Waals surface area (Å²) in [6.07, 6.45) is 2.63. The Morgan fingerprint density at radius 3 is 2.52 bits per heavy atom. The minimum atomic E-state index is -3.21. The summed E-state index contributed by atoms with van der Waals surface area (Å²) in [4.78, 5) is 14.2. The molecule has 23 heavy (non-hydrogen) atoms. The summed E-state index contributed by atoms with van der Waals surface area (Å²) in [7, 11) is -3.21. The second kappa shape index (κ2) is 6.05. The molecule has 0 atom stereocenters. The Kier molecular flexibility index (Phi) is 4.09. The van der Waals surface area contributed by atoms with Gasteiger partial charge in [-0.25, -0.2) is 13.1 Å². The molecule has 9 nitrogen and oxygen atoms in total. The van der Waals surface area contributed by atoms with Crippen molar-refractivity contribution in [3.05, 3.63) is 36.2 Å². The largest absolute Gasteiger partial charge is 0.336 e. The van der Waals surface area contributed by atoms with Crippen molar-refractivity contribution in [2.75, 3.05) is 32.4 Å². The first-order chi connectivity index (χ1) is 10.9. The molecule has 10 heteroatoms. The van der Waals surface area contributed by atoms with E-state index in [1.165, 1.54) is 21.6 Å².